The second-order valence-electron chi connectivity index (χ2n) is 5.98. The summed E-state index contributed by atoms with van der Waals surface area (Å²) < 4.78 is 16.0. The third kappa shape index (κ3) is 3.52. The highest BCUT2D eigenvalue weighted by atomic mass is 16.5. The molecule has 0 bridgehead atoms. The van der Waals surface area contributed by atoms with Gasteiger partial charge in [0.2, 0.25) is 5.88 Å². The average Bonchev–Trinajstić information content (AvgIpc) is 3.24. The standard InChI is InChI=1S/C19H18N4O4/c1-25-16-9-5-8-14(20-16)19(24)23-10-11-26-12-15(23)17-21-18(27-22-17)13-6-3-2-4-7-13/h2-9,15H,10-12H2,1H3/t15-/m0/s1. The number of hydrogen-bond acceptors (Lipinski definition) is 7. The summed E-state index contributed by atoms with van der Waals surface area (Å²) in [5.41, 5.74) is 1.12. The Labute approximate surface area is 155 Å². The number of pyridine rings is 1. The van der Waals surface area contributed by atoms with Crippen molar-refractivity contribution in [3.05, 3.63) is 60.0 Å². The van der Waals surface area contributed by atoms with Crippen LogP contribution in [-0.2, 0) is 4.74 Å². The first-order valence-corrected chi connectivity index (χ1v) is 8.55. The first-order valence-electron chi connectivity index (χ1n) is 8.55. The van der Waals surface area contributed by atoms with Gasteiger partial charge in [-0.1, -0.05) is 29.4 Å². The minimum atomic E-state index is -0.444. The summed E-state index contributed by atoms with van der Waals surface area (Å²) in [7, 11) is 1.51. The number of carbonyl (C=O) groups excluding carboxylic acids is 1. The quantitative estimate of drug-likeness (QED) is 0.700. The molecular formula is C19H18N4O4. The highest BCUT2D eigenvalue weighted by molar-refractivity contribution is 5.92. The number of morpholine rings is 1. The molecule has 1 atom stereocenters. The van der Waals surface area contributed by atoms with Crippen LogP contribution in [0.1, 0.15) is 22.4 Å². The summed E-state index contributed by atoms with van der Waals surface area (Å²) in [6, 6.07) is 14.1. The van der Waals surface area contributed by atoms with E-state index in [4.69, 9.17) is 14.0 Å². The molecule has 8 nitrogen and oxygen atoms in total. The number of carbonyl (C=O) groups is 1. The smallest absolute Gasteiger partial charge is 0.273 e. The molecule has 1 aliphatic rings. The van der Waals surface area contributed by atoms with Crippen molar-refractivity contribution in [1.29, 1.82) is 0 Å². The molecule has 0 spiro atoms. The molecule has 0 unspecified atom stereocenters. The number of nitrogens with zero attached hydrogens (tertiary/aromatic N) is 4. The van der Waals surface area contributed by atoms with Gasteiger partial charge in [-0.3, -0.25) is 4.79 Å². The Balaban J connectivity index is 1.61. The monoisotopic (exact) mass is 366 g/mol. The number of rotatable bonds is 4. The van der Waals surface area contributed by atoms with Gasteiger partial charge in [0.15, 0.2) is 5.82 Å². The summed E-state index contributed by atoms with van der Waals surface area (Å²) in [5, 5.41) is 4.07. The van der Waals surface area contributed by atoms with E-state index in [1.807, 2.05) is 30.3 Å². The lowest BCUT2D eigenvalue weighted by molar-refractivity contribution is -0.00610. The second-order valence-corrected chi connectivity index (χ2v) is 5.98. The molecule has 0 radical (unpaired) electrons. The Morgan fingerprint density at radius 3 is 2.81 bits per heavy atom. The van der Waals surface area contributed by atoms with Crippen LogP contribution in [0.15, 0.2) is 53.1 Å². The van der Waals surface area contributed by atoms with E-state index < -0.39 is 6.04 Å². The Kier molecular flexibility index (Phi) is 4.80. The molecule has 1 fully saturated rings. The summed E-state index contributed by atoms with van der Waals surface area (Å²) in [6.45, 7) is 1.15. The van der Waals surface area contributed by atoms with E-state index in [1.54, 1.807) is 23.1 Å². The molecule has 3 aromatic rings. The van der Waals surface area contributed by atoms with Gasteiger partial charge < -0.3 is 18.9 Å². The lowest BCUT2D eigenvalue weighted by Gasteiger charge is -2.33. The fourth-order valence-corrected chi connectivity index (χ4v) is 2.92. The predicted octanol–water partition coefficient (Wildman–Crippen LogP) is 2.35. The normalized spacial score (nSPS) is 16.9. The van der Waals surface area contributed by atoms with Crippen molar-refractivity contribution in [2.75, 3.05) is 26.9 Å². The molecule has 3 heterocycles. The molecular weight excluding hydrogens is 348 g/mol. The highest BCUT2D eigenvalue weighted by Gasteiger charge is 2.33. The van der Waals surface area contributed by atoms with Crippen molar-refractivity contribution in [3.63, 3.8) is 0 Å². The van der Waals surface area contributed by atoms with Gasteiger partial charge in [-0.05, 0) is 18.2 Å². The van der Waals surface area contributed by atoms with E-state index in [0.717, 1.165) is 5.56 Å². The van der Waals surface area contributed by atoms with Crippen LogP contribution < -0.4 is 4.74 Å². The first kappa shape index (κ1) is 17.2. The van der Waals surface area contributed by atoms with Gasteiger partial charge in [-0.2, -0.15) is 4.98 Å². The Hall–Kier alpha value is -3.26. The molecule has 1 aliphatic heterocycles. The molecule has 27 heavy (non-hydrogen) atoms. The zero-order valence-corrected chi connectivity index (χ0v) is 14.7. The SMILES string of the molecule is COc1cccc(C(=O)N2CCOC[C@H]2c2noc(-c3ccccc3)n2)n1. The molecule has 8 heteroatoms. The van der Waals surface area contributed by atoms with E-state index in [2.05, 4.69) is 15.1 Å². The molecule has 0 saturated carbocycles. The molecule has 1 aromatic carbocycles. The third-order valence-electron chi connectivity index (χ3n) is 4.30. The predicted molar refractivity (Wildman–Crippen MR) is 95.1 cm³/mol. The molecule has 138 valence electrons. The molecule has 4 rings (SSSR count). The summed E-state index contributed by atoms with van der Waals surface area (Å²) in [6.07, 6.45) is 0. The number of amides is 1. The van der Waals surface area contributed by atoms with Crippen molar-refractivity contribution in [2.24, 2.45) is 0 Å². The van der Waals surface area contributed by atoms with E-state index in [-0.39, 0.29) is 5.91 Å². The van der Waals surface area contributed by atoms with Crippen LogP contribution in [0.4, 0.5) is 0 Å². The fraction of sp³-hybridized carbons (Fsp3) is 0.263. The van der Waals surface area contributed by atoms with E-state index >= 15 is 0 Å². The number of hydrogen-bond donors (Lipinski definition) is 0. The maximum atomic E-state index is 13.0. The van der Waals surface area contributed by atoms with Crippen molar-refractivity contribution in [2.45, 2.75) is 6.04 Å². The molecule has 1 amide bonds. The summed E-state index contributed by atoms with van der Waals surface area (Å²) >= 11 is 0. The van der Waals surface area contributed by atoms with Crippen molar-refractivity contribution in [1.82, 2.24) is 20.0 Å². The van der Waals surface area contributed by atoms with Crippen molar-refractivity contribution < 1.29 is 18.8 Å². The molecule has 1 saturated heterocycles. The average molecular weight is 366 g/mol. The minimum absolute atomic E-state index is 0.228. The van der Waals surface area contributed by atoms with Gasteiger partial charge in [0, 0.05) is 18.2 Å². The van der Waals surface area contributed by atoms with Crippen LogP contribution in [0.25, 0.3) is 11.5 Å². The maximum Gasteiger partial charge on any atom is 0.273 e. The maximum absolute atomic E-state index is 13.0. The van der Waals surface area contributed by atoms with E-state index in [9.17, 15) is 4.79 Å². The highest BCUT2D eigenvalue weighted by Crippen LogP contribution is 2.26. The van der Waals surface area contributed by atoms with Gasteiger partial charge in [-0.15, -0.1) is 0 Å². The third-order valence-corrected chi connectivity index (χ3v) is 4.30. The van der Waals surface area contributed by atoms with Crippen LogP contribution in [0.3, 0.4) is 0 Å². The molecule has 0 N–H and O–H groups in total. The lowest BCUT2D eigenvalue weighted by atomic mass is 10.2. The van der Waals surface area contributed by atoms with Crippen LogP contribution in [0.2, 0.25) is 0 Å². The van der Waals surface area contributed by atoms with Gasteiger partial charge in [0.1, 0.15) is 11.7 Å². The zero-order chi connectivity index (χ0) is 18.6. The zero-order valence-electron chi connectivity index (χ0n) is 14.7. The van der Waals surface area contributed by atoms with Gasteiger partial charge in [0.05, 0.1) is 20.3 Å². The first-order chi connectivity index (χ1) is 13.3. The Morgan fingerprint density at radius 2 is 2.00 bits per heavy atom. The van der Waals surface area contributed by atoms with Gasteiger partial charge >= 0.3 is 0 Å². The second kappa shape index (κ2) is 7.55. The van der Waals surface area contributed by atoms with Crippen LogP contribution in [0, 0.1) is 0 Å². The molecule has 0 aliphatic carbocycles. The fourth-order valence-electron chi connectivity index (χ4n) is 2.92. The van der Waals surface area contributed by atoms with Crippen LogP contribution in [-0.4, -0.2) is 52.8 Å². The van der Waals surface area contributed by atoms with Crippen molar-refractivity contribution in [3.8, 4) is 17.3 Å². The largest absolute Gasteiger partial charge is 0.481 e. The number of methoxy groups -OCH3 is 1. The molecule has 2 aromatic heterocycles. The topological polar surface area (TPSA) is 90.6 Å². The number of benzene rings is 1. The van der Waals surface area contributed by atoms with Gasteiger partial charge in [0.25, 0.3) is 11.8 Å². The van der Waals surface area contributed by atoms with E-state index in [0.29, 0.717) is 43.0 Å². The van der Waals surface area contributed by atoms with Crippen LogP contribution in [0.5, 0.6) is 5.88 Å². The van der Waals surface area contributed by atoms with Gasteiger partial charge in [-0.25, -0.2) is 4.98 Å². The minimum Gasteiger partial charge on any atom is -0.481 e. The lowest BCUT2D eigenvalue weighted by Crippen LogP contribution is -2.44. The van der Waals surface area contributed by atoms with Crippen LogP contribution >= 0.6 is 0 Å². The Morgan fingerprint density at radius 1 is 1.15 bits per heavy atom. The Bertz CT molecular complexity index is 928. The van der Waals surface area contributed by atoms with Crippen molar-refractivity contribution >= 4 is 5.91 Å². The van der Waals surface area contributed by atoms with E-state index in [1.165, 1.54) is 7.11 Å². The summed E-state index contributed by atoms with van der Waals surface area (Å²) in [4.78, 5) is 23.3. The summed E-state index contributed by atoms with van der Waals surface area (Å²) in [5.74, 6) is 0.970. The number of ether oxygens (including phenoxy) is 2. The number of aromatic nitrogens is 3.